The number of nitrogens with two attached hydrogens (primary N) is 1. The SMILES string of the molecule is CC(=O)OCOP1(=O)OC[C@H]2O[C@@H](n3c(Sc4ccc(Cl)cc4)nc4c(=O)[nH]c(N)nc43)[C@@H](O)C2O1. The fourth-order valence-electron chi connectivity index (χ4n) is 3.67. The van der Waals surface area contributed by atoms with Crippen molar-refractivity contribution in [1.29, 1.82) is 0 Å². The molecule has 2 saturated heterocycles. The zero-order chi connectivity index (χ0) is 25.6. The number of H-pyrrole nitrogens is 1. The van der Waals surface area contributed by atoms with Gasteiger partial charge in [-0.1, -0.05) is 23.4 Å². The number of nitrogen functional groups attached to an aromatic ring is 1. The van der Waals surface area contributed by atoms with Gasteiger partial charge in [-0.15, -0.1) is 0 Å². The second-order valence-corrected chi connectivity index (χ2v) is 10.8. The molecule has 0 bridgehead atoms. The van der Waals surface area contributed by atoms with E-state index in [2.05, 4.69) is 19.7 Å². The molecule has 5 rings (SSSR count). The molecule has 2 fully saturated rings. The number of aliphatic hydroxyl groups excluding tert-OH is 1. The minimum absolute atomic E-state index is 0.0288. The molecule has 2 aliphatic rings. The highest BCUT2D eigenvalue weighted by Gasteiger charge is 2.54. The number of hydrogen-bond donors (Lipinski definition) is 3. The van der Waals surface area contributed by atoms with E-state index in [1.807, 2.05) is 0 Å². The Morgan fingerprint density at radius 2 is 2.14 bits per heavy atom. The van der Waals surface area contributed by atoms with Crippen LogP contribution in [0.4, 0.5) is 5.95 Å². The normalized spacial score (nSPS) is 27.8. The van der Waals surface area contributed by atoms with Crippen LogP contribution in [-0.4, -0.2) is 62.3 Å². The molecule has 0 aliphatic carbocycles. The van der Waals surface area contributed by atoms with Gasteiger partial charge in [0.05, 0.1) is 6.61 Å². The van der Waals surface area contributed by atoms with Crippen LogP contribution in [-0.2, 0) is 32.4 Å². The first-order chi connectivity index (χ1) is 17.1. The molecule has 17 heteroatoms. The van der Waals surface area contributed by atoms with Crippen LogP contribution in [0, 0.1) is 0 Å². The number of aromatic nitrogens is 4. The number of fused-ring (bicyclic) bond motifs is 2. The van der Waals surface area contributed by atoms with E-state index in [1.54, 1.807) is 24.3 Å². The number of nitrogens with one attached hydrogen (secondary N) is 1. The molecule has 0 saturated carbocycles. The molecule has 192 valence electrons. The van der Waals surface area contributed by atoms with Crippen LogP contribution >= 0.6 is 31.2 Å². The third-order valence-electron chi connectivity index (χ3n) is 5.24. The van der Waals surface area contributed by atoms with Gasteiger partial charge < -0.3 is 20.3 Å². The molecule has 0 spiro atoms. The highest BCUT2D eigenvalue weighted by atomic mass is 35.5. The highest BCUT2D eigenvalue weighted by molar-refractivity contribution is 7.99. The number of benzene rings is 1. The van der Waals surface area contributed by atoms with Gasteiger partial charge in [0.2, 0.25) is 12.7 Å². The summed E-state index contributed by atoms with van der Waals surface area (Å²) in [7, 11) is -4.17. The molecule has 0 amide bonds. The lowest BCUT2D eigenvalue weighted by Gasteiger charge is -2.30. The molecule has 3 aromatic rings. The van der Waals surface area contributed by atoms with Crippen LogP contribution in [0.15, 0.2) is 39.1 Å². The lowest BCUT2D eigenvalue weighted by atomic mass is 10.1. The molecule has 2 aliphatic heterocycles. The van der Waals surface area contributed by atoms with Crippen LogP contribution in [0.25, 0.3) is 11.2 Å². The molecule has 2 unspecified atom stereocenters. The Balaban J connectivity index is 1.48. The topological polar surface area (TPSA) is 190 Å². The average molecular weight is 560 g/mol. The lowest BCUT2D eigenvalue weighted by Crippen LogP contribution is -2.39. The largest absolute Gasteiger partial charge is 0.478 e. The van der Waals surface area contributed by atoms with Crippen molar-refractivity contribution >= 4 is 54.3 Å². The molecular weight excluding hydrogens is 541 g/mol. The highest BCUT2D eigenvalue weighted by Crippen LogP contribution is 2.57. The summed E-state index contributed by atoms with van der Waals surface area (Å²) in [6.07, 6.45) is -4.57. The number of hydrogen-bond acceptors (Lipinski definition) is 13. The maximum absolute atomic E-state index is 12.8. The summed E-state index contributed by atoms with van der Waals surface area (Å²) in [6, 6.07) is 6.88. The van der Waals surface area contributed by atoms with Gasteiger partial charge in [0, 0.05) is 16.8 Å². The predicted octanol–water partition coefficient (Wildman–Crippen LogP) is 1.83. The summed E-state index contributed by atoms with van der Waals surface area (Å²) in [6.45, 7) is 0.237. The van der Waals surface area contributed by atoms with E-state index in [4.69, 9.17) is 35.6 Å². The predicted molar refractivity (Wildman–Crippen MR) is 124 cm³/mol. The first-order valence-electron chi connectivity index (χ1n) is 10.4. The quantitative estimate of drug-likeness (QED) is 0.225. The molecule has 4 N–H and O–H groups in total. The van der Waals surface area contributed by atoms with E-state index in [0.29, 0.717) is 5.02 Å². The number of phosphoric acid groups is 1. The van der Waals surface area contributed by atoms with Crippen molar-refractivity contribution < 1.29 is 37.5 Å². The van der Waals surface area contributed by atoms with Gasteiger partial charge in [-0.3, -0.25) is 28.2 Å². The second kappa shape index (κ2) is 9.76. The Labute approximate surface area is 211 Å². The van der Waals surface area contributed by atoms with E-state index in [0.717, 1.165) is 11.8 Å². The maximum Gasteiger partial charge on any atom is 0.478 e. The number of aromatic amines is 1. The third-order valence-corrected chi connectivity index (χ3v) is 7.86. The molecule has 5 atom stereocenters. The van der Waals surface area contributed by atoms with Gasteiger partial charge in [0.15, 0.2) is 22.5 Å². The summed E-state index contributed by atoms with van der Waals surface area (Å²) in [5.74, 6) is -0.815. The third kappa shape index (κ3) is 4.88. The van der Waals surface area contributed by atoms with Crippen molar-refractivity contribution in [2.75, 3.05) is 19.1 Å². The van der Waals surface area contributed by atoms with Crippen LogP contribution < -0.4 is 11.3 Å². The smallest absolute Gasteiger partial charge is 0.438 e. The first-order valence-corrected chi connectivity index (χ1v) is 13.0. The van der Waals surface area contributed by atoms with Gasteiger partial charge in [-0.05, 0) is 24.3 Å². The van der Waals surface area contributed by atoms with Crippen LogP contribution in [0.2, 0.25) is 5.02 Å². The number of nitrogens with zero attached hydrogens (tertiary/aromatic N) is 3. The number of carbonyl (C=O) groups excluding carboxylic acids is 1. The Kier molecular flexibility index (Phi) is 6.82. The standard InChI is InChI=1S/C19H19ClN5O9PS/c1-8(26)30-7-32-35(29)31-6-11-14(34-35)13(27)17(33-11)25-15-12(16(28)24-18(21)23-15)22-19(25)36-10-4-2-9(20)3-5-10/h2-5,11,13-14,17,27H,6-7H2,1H3,(H3,21,23,24,28)/t11-,13+,14?,17-,35?/m1/s1. The van der Waals surface area contributed by atoms with E-state index < -0.39 is 50.7 Å². The molecule has 1 aromatic carbocycles. The molecule has 0 radical (unpaired) electrons. The fourth-order valence-corrected chi connectivity index (χ4v) is 5.97. The Morgan fingerprint density at radius 3 is 2.86 bits per heavy atom. The number of phosphoric ester groups is 1. The van der Waals surface area contributed by atoms with E-state index in [-0.39, 0.29) is 28.9 Å². The Bertz CT molecular complexity index is 1420. The number of halogens is 1. The summed E-state index contributed by atoms with van der Waals surface area (Å²) in [5.41, 5.74) is 5.21. The van der Waals surface area contributed by atoms with Crippen molar-refractivity contribution in [2.45, 2.75) is 41.5 Å². The minimum atomic E-state index is -4.17. The van der Waals surface area contributed by atoms with Gasteiger partial charge in [-0.25, -0.2) is 14.1 Å². The Morgan fingerprint density at radius 1 is 1.39 bits per heavy atom. The Hall–Kier alpha value is -2.49. The maximum atomic E-state index is 12.8. The molecular formula is C19H19ClN5O9PS. The zero-order valence-corrected chi connectivity index (χ0v) is 20.9. The van der Waals surface area contributed by atoms with Crippen molar-refractivity contribution in [3.05, 3.63) is 39.6 Å². The van der Waals surface area contributed by atoms with Crippen LogP contribution in [0.5, 0.6) is 0 Å². The van der Waals surface area contributed by atoms with Gasteiger partial charge in [0.25, 0.3) is 5.56 Å². The van der Waals surface area contributed by atoms with Gasteiger partial charge in [0.1, 0.15) is 18.3 Å². The average Bonchev–Trinajstić information content (AvgIpc) is 3.32. The molecule has 14 nitrogen and oxygen atoms in total. The monoisotopic (exact) mass is 559 g/mol. The summed E-state index contributed by atoms with van der Waals surface area (Å²) >= 11 is 7.14. The van der Waals surface area contributed by atoms with Crippen molar-refractivity contribution in [2.24, 2.45) is 0 Å². The van der Waals surface area contributed by atoms with Crippen molar-refractivity contribution in [3.8, 4) is 0 Å². The first kappa shape index (κ1) is 25.2. The second-order valence-electron chi connectivity index (χ2n) is 7.70. The van der Waals surface area contributed by atoms with Crippen LogP contribution in [0.3, 0.4) is 0 Å². The molecule has 2 aromatic heterocycles. The number of carbonyl (C=O) groups is 1. The zero-order valence-electron chi connectivity index (χ0n) is 18.4. The van der Waals surface area contributed by atoms with Crippen molar-refractivity contribution in [3.63, 3.8) is 0 Å². The van der Waals surface area contributed by atoms with Gasteiger partial charge in [-0.2, -0.15) is 4.98 Å². The number of aliphatic hydroxyl groups is 1. The molecule has 4 heterocycles. The minimum Gasteiger partial charge on any atom is -0.438 e. The van der Waals surface area contributed by atoms with E-state index >= 15 is 0 Å². The lowest BCUT2D eigenvalue weighted by molar-refractivity contribution is -0.150. The number of rotatable bonds is 6. The number of esters is 1. The number of anilines is 1. The summed E-state index contributed by atoms with van der Waals surface area (Å²) < 4.78 is 40.4. The number of imidazole rings is 1. The van der Waals surface area contributed by atoms with Crippen LogP contribution in [0.1, 0.15) is 13.2 Å². The van der Waals surface area contributed by atoms with E-state index in [1.165, 1.54) is 16.3 Å². The van der Waals surface area contributed by atoms with Gasteiger partial charge >= 0.3 is 13.8 Å². The van der Waals surface area contributed by atoms with Crippen molar-refractivity contribution in [1.82, 2.24) is 19.5 Å². The fraction of sp³-hybridized carbons (Fsp3) is 0.368. The molecule has 36 heavy (non-hydrogen) atoms. The number of ether oxygens (including phenoxy) is 2. The van der Waals surface area contributed by atoms with E-state index in [9.17, 15) is 19.3 Å². The summed E-state index contributed by atoms with van der Waals surface area (Å²) in [5, 5.41) is 11.9. The summed E-state index contributed by atoms with van der Waals surface area (Å²) in [4.78, 5) is 35.2.